The predicted molar refractivity (Wildman–Crippen MR) is 226 cm³/mol. The first kappa shape index (κ1) is 31.3. The summed E-state index contributed by atoms with van der Waals surface area (Å²) in [5.74, 6) is 1.94. The summed E-state index contributed by atoms with van der Waals surface area (Å²) in [5, 5.41) is 6.82. The Hall–Kier alpha value is -7.23. The van der Waals surface area contributed by atoms with Crippen LogP contribution >= 0.6 is 0 Å². The summed E-state index contributed by atoms with van der Waals surface area (Å²) in [4.78, 5) is 15.8. The van der Waals surface area contributed by atoms with Crippen LogP contribution in [0.5, 0.6) is 0 Å². The molecular formula is C52H33N3. The van der Waals surface area contributed by atoms with E-state index in [0.29, 0.717) is 17.5 Å². The molecule has 1 aliphatic rings. The Kier molecular flexibility index (Phi) is 7.08. The van der Waals surface area contributed by atoms with Crippen LogP contribution in [0.3, 0.4) is 0 Å². The van der Waals surface area contributed by atoms with Crippen LogP contribution in [0.4, 0.5) is 0 Å². The van der Waals surface area contributed by atoms with Gasteiger partial charge in [0.25, 0.3) is 0 Å². The Morgan fingerprint density at radius 2 is 0.836 bits per heavy atom. The topological polar surface area (TPSA) is 38.7 Å². The lowest BCUT2D eigenvalue weighted by atomic mass is 9.67. The molecule has 3 heteroatoms. The second-order valence-corrected chi connectivity index (χ2v) is 14.3. The molecule has 0 amide bonds. The Morgan fingerprint density at radius 1 is 0.291 bits per heavy atom. The summed E-state index contributed by atoms with van der Waals surface area (Å²) in [5.41, 5.74) is 9.91. The molecule has 9 aromatic carbocycles. The first-order valence-electron chi connectivity index (χ1n) is 18.8. The average Bonchev–Trinajstić information content (AvgIpc) is 3.55. The van der Waals surface area contributed by atoms with Gasteiger partial charge in [-0.3, -0.25) is 0 Å². The molecule has 1 aliphatic carbocycles. The molecule has 0 saturated carbocycles. The first-order chi connectivity index (χ1) is 27.3. The highest BCUT2D eigenvalue weighted by Crippen LogP contribution is 2.57. The van der Waals surface area contributed by atoms with Gasteiger partial charge >= 0.3 is 0 Å². The second kappa shape index (κ2) is 12.4. The van der Waals surface area contributed by atoms with Gasteiger partial charge in [-0.05, 0) is 83.9 Å². The number of rotatable bonds is 5. The fourth-order valence-electron chi connectivity index (χ4n) is 8.90. The predicted octanol–water partition coefficient (Wildman–Crippen LogP) is 12.7. The molecule has 1 heterocycles. The maximum atomic E-state index is 5.33. The highest BCUT2D eigenvalue weighted by molar-refractivity contribution is 6.02. The molecule has 0 bridgehead atoms. The van der Waals surface area contributed by atoms with E-state index < -0.39 is 5.41 Å². The summed E-state index contributed by atoms with van der Waals surface area (Å²) < 4.78 is 0. The van der Waals surface area contributed by atoms with Crippen LogP contribution in [0.15, 0.2) is 200 Å². The number of hydrogen-bond acceptors (Lipinski definition) is 3. The fraction of sp³-hybridized carbons (Fsp3) is 0.0192. The summed E-state index contributed by atoms with van der Waals surface area (Å²) in [7, 11) is 0. The SMILES string of the molecule is c1ccc(C2(c3ccccc3)c3ccccc3-c3cc4cccc(-c5nc(-c6ccc7ccccc7c6)nc(-c6cccc7ccccc67)n5)c4cc32)cc1. The standard InChI is InChI=1S/C52H33N3/c1-3-20-39(21-4-1)52(40-22-5-2-6-23-40)47-28-12-11-25-42(47)46-32-37-19-14-27-44(45(37)33-48(46)52)51-54-49(38-30-29-34-15-7-8-17-36(34)31-38)53-50(55-51)43-26-13-18-35-16-9-10-24-41(35)43/h1-33H. The van der Waals surface area contributed by atoms with Crippen molar-refractivity contribution in [2.24, 2.45) is 0 Å². The Balaban J connectivity index is 1.20. The zero-order valence-corrected chi connectivity index (χ0v) is 29.9. The largest absolute Gasteiger partial charge is 0.208 e. The van der Waals surface area contributed by atoms with Crippen molar-refractivity contribution in [2.75, 3.05) is 0 Å². The molecule has 0 radical (unpaired) electrons. The highest BCUT2D eigenvalue weighted by Gasteiger charge is 2.46. The lowest BCUT2D eigenvalue weighted by molar-refractivity contribution is 0.769. The van der Waals surface area contributed by atoms with Gasteiger partial charge in [-0.15, -0.1) is 0 Å². The van der Waals surface area contributed by atoms with Crippen LogP contribution in [0.2, 0.25) is 0 Å². The lowest BCUT2D eigenvalue weighted by Gasteiger charge is -2.34. The molecule has 0 saturated heterocycles. The molecule has 0 unspecified atom stereocenters. The summed E-state index contributed by atoms with van der Waals surface area (Å²) in [6.07, 6.45) is 0. The molecule has 11 rings (SSSR count). The zero-order valence-electron chi connectivity index (χ0n) is 29.9. The minimum absolute atomic E-state index is 0.515. The number of hydrogen-bond donors (Lipinski definition) is 0. The van der Waals surface area contributed by atoms with Crippen molar-refractivity contribution in [3.63, 3.8) is 0 Å². The Bertz CT molecular complexity index is 3050. The van der Waals surface area contributed by atoms with Gasteiger partial charge in [-0.25, -0.2) is 15.0 Å². The van der Waals surface area contributed by atoms with Gasteiger partial charge in [0.05, 0.1) is 5.41 Å². The maximum Gasteiger partial charge on any atom is 0.164 e. The van der Waals surface area contributed by atoms with Crippen LogP contribution in [-0.2, 0) is 5.41 Å². The molecule has 1 aromatic heterocycles. The Morgan fingerprint density at radius 3 is 1.58 bits per heavy atom. The number of aromatic nitrogens is 3. The minimum atomic E-state index is -0.515. The van der Waals surface area contributed by atoms with Gasteiger partial charge in [0.15, 0.2) is 17.5 Å². The molecule has 0 spiro atoms. The third kappa shape index (κ3) is 4.87. The molecule has 10 aromatic rings. The van der Waals surface area contributed by atoms with Crippen LogP contribution in [0.1, 0.15) is 22.3 Å². The third-order valence-electron chi connectivity index (χ3n) is 11.4. The van der Waals surface area contributed by atoms with E-state index in [1.54, 1.807) is 0 Å². The van der Waals surface area contributed by atoms with Crippen LogP contribution in [0.25, 0.3) is 77.6 Å². The van der Waals surface area contributed by atoms with E-state index in [9.17, 15) is 0 Å². The van der Waals surface area contributed by atoms with Crippen LogP contribution < -0.4 is 0 Å². The molecule has 55 heavy (non-hydrogen) atoms. The third-order valence-corrected chi connectivity index (χ3v) is 11.4. The van der Waals surface area contributed by atoms with Gasteiger partial charge in [0.2, 0.25) is 0 Å². The van der Waals surface area contributed by atoms with E-state index in [-0.39, 0.29) is 0 Å². The van der Waals surface area contributed by atoms with E-state index in [1.165, 1.54) is 38.8 Å². The number of nitrogens with zero attached hydrogens (tertiary/aromatic N) is 3. The van der Waals surface area contributed by atoms with E-state index >= 15 is 0 Å². The monoisotopic (exact) mass is 699 g/mol. The minimum Gasteiger partial charge on any atom is -0.208 e. The van der Waals surface area contributed by atoms with Crippen molar-refractivity contribution in [3.05, 3.63) is 222 Å². The van der Waals surface area contributed by atoms with E-state index in [2.05, 4.69) is 200 Å². The van der Waals surface area contributed by atoms with Gasteiger partial charge in [0, 0.05) is 16.7 Å². The van der Waals surface area contributed by atoms with Gasteiger partial charge in [0.1, 0.15) is 0 Å². The molecule has 256 valence electrons. The summed E-state index contributed by atoms with van der Waals surface area (Å²) in [6, 6.07) is 71.8. The maximum absolute atomic E-state index is 5.33. The van der Waals surface area contributed by atoms with Crippen molar-refractivity contribution < 1.29 is 0 Å². The first-order valence-corrected chi connectivity index (χ1v) is 18.8. The number of benzene rings is 9. The van der Waals surface area contributed by atoms with E-state index in [0.717, 1.165) is 43.6 Å². The second-order valence-electron chi connectivity index (χ2n) is 14.3. The molecule has 0 N–H and O–H groups in total. The zero-order chi connectivity index (χ0) is 36.3. The molecule has 3 nitrogen and oxygen atoms in total. The van der Waals surface area contributed by atoms with Gasteiger partial charge < -0.3 is 0 Å². The molecule has 0 fully saturated rings. The fourth-order valence-corrected chi connectivity index (χ4v) is 8.90. The van der Waals surface area contributed by atoms with Gasteiger partial charge in [-0.2, -0.15) is 0 Å². The normalized spacial score (nSPS) is 12.9. The molecule has 0 atom stereocenters. The van der Waals surface area contributed by atoms with Crippen LogP contribution in [-0.4, -0.2) is 15.0 Å². The van der Waals surface area contributed by atoms with Crippen molar-refractivity contribution >= 4 is 32.3 Å². The Labute approximate surface area is 319 Å². The van der Waals surface area contributed by atoms with Gasteiger partial charge in [-0.1, -0.05) is 182 Å². The molecule has 0 aliphatic heterocycles. The number of fused-ring (bicyclic) bond motifs is 6. The highest BCUT2D eigenvalue weighted by atomic mass is 15.0. The van der Waals surface area contributed by atoms with Crippen molar-refractivity contribution in [1.29, 1.82) is 0 Å². The van der Waals surface area contributed by atoms with Crippen molar-refractivity contribution in [2.45, 2.75) is 5.41 Å². The quantitative estimate of drug-likeness (QED) is 0.179. The average molecular weight is 700 g/mol. The summed E-state index contributed by atoms with van der Waals surface area (Å²) >= 11 is 0. The van der Waals surface area contributed by atoms with E-state index in [1.807, 2.05) is 0 Å². The van der Waals surface area contributed by atoms with Crippen molar-refractivity contribution in [3.8, 4) is 45.3 Å². The lowest BCUT2D eigenvalue weighted by Crippen LogP contribution is -2.28. The smallest absolute Gasteiger partial charge is 0.164 e. The molecular weight excluding hydrogens is 667 g/mol. The summed E-state index contributed by atoms with van der Waals surface area (Å²) in [6.45, 7) is 0. The van der Waals surface area contributed by atoms with E-state index in [4.69, 9.17) is 15.0 Å². The van der Waals surface area contributed by atoms with Crippen LogP contribution in [0, 0.1) is 0 Å². The van der Waals surface area contributed by atoms with Crippen molar-refractivity contribution in [1.82, 2.24) is 15.0 Å².